The minimum atomic E-state index is -0.216. The van der Waals surface area contributed by atoms with Gasteiger partial charge in [0.1, 0.15) is 0 Å². The van der Waals surface area contributed by atoms with Crippen LogP contribution in [0.25, 0.3) is 10.8 Å². The van der Waals surface area contributed by atoms with E-state index in [1.54, 1.807) is 6.08 Å². The Kier molecular flexibility index (Phi) is 4.55. The normalized spacial score (nSPS) is 18.0. The Morgan fingerprint density at radius 2 is 2.13 bits per heavy atom. The zero-order valence-corrected chi connectivity index (χ0v) is 13.5. The van der Waals surface area contributed by atoms with Crippen LogP contribution in [-0.4, -0.2) is 35.2 Å². The van der Waals surface area contributed by atoms with Gasteiger partial charge in [-0.15, -0.1) is 16.8 Å². The molecule has 23 heavy (non-hydrogen) atoms. The van der Waals surface area contributed by atoms with Crippen molar-refractivity contribution in [2.75, 3.05) is 18.0 Å². The Labute approximate surface area is 136 Å². The predicted molar refractivity (Wildman–Crippen MR) is 92.7 cm³/mol. The topological polar surface area (TPSA) is 58.1 Å². The van der Waals surface area contributed by atoms with Crippen LogP contribution in [0.5, 0.6) is 0 Å². The summed E-state index contributed by atoms with van der Waals surface area (Å²) < 4.78 is 0. The van der Waals surface area contributed by atoms with Crippen molar-refractivity contribution in [1.29, 1.82) is 0 Å². The van der Waals surface area contributed by atoms with E-state index in [1.807, 2.05) is 24.3 Å². The molecule has 0 spiro atoms. The SMILES string of the molecule is C=CCNC(=O)c1nnc(N2CCCC[C@@H]2C)c2ccccc12. The van der Waals surface area contributed by atoms with Gasteiger partial charge in [-0.25, -0.2) is 0 Å². The summed E-state index contributed by atoms with van der Waals surface area (Å²) in [6, 6.07) is 8.31. The fraction of sp³-hybridized carbons (Fsp3) is 0.389. The number of carbonyl (C=O) groups excluding carboxylic acids is 1. The molecule has 1 aromatic carbocycles. The molecule has 2 aromatic rings. The third-order valence-electron chi connectivity index (χ3n) is 4.36. The Hall–Kier alpha value is -2.43. The van der Waals surface area contributed by atoms with Crippen LogP contribution in [0.3, 0.4) is 0 Å². The standard InChI is InChI=1S/C18H22N4O/c1-3-11-19-18(23)16-14-9-4-5-10-15(14)17(21-20-16)22-12-7-6-8-13(22)2/h3-5,9-10,13H,1,6-8,11-12H2,2H3,(H,19,23)/t13-/m0/s1. The van der Waals surface area contributed by atoms with Gasteiger partial charge in [-0.3, -0.25) is 4.79 Å². The van der Waals surface area contributed by atoms with Crippen molar-refractivity contribution in [2.24, 2.45) is 0 Å². The highest BCUT2D eigenvalue weighted by Gasteiger charge is 2.23. The van der Waals surface area contributed by atoms with E-state index >= 15 is 0 Å². The van der Waals surface area contributed by atoms with Gasteiger partial charge in [0.05, 0.1) is 0 Å². The highest BCUT2D eigenvalue weighted by Crippen LogP contribution is 2.30. The summed E-state index contributed by atoms with van der Waals surface area (Å²) in [6.45, 7) is 7.24. The van der Waals surface area contributed by atoms with Crippen molar-refractivity contribution in [3.8, 4) is 0 Å². The van der Waals surface area contributed by atoms with Gasteiger partial charge in [0.25, 0.3) is 5.91 Å². The van der Waals surface area contributed by atoms with E-state index in [-0.39, 0.29) is 5.91 Å². The van der Waals surface area contributed by atoms with Crippen molar-refractivity contribution >= 4 is 22.5 Å². The molecule has 1 aliphatic heterocycles. The minimum Gasteiger partial charge on any atom is -0.352 e. The lowest BCUT2D eigenvalue weighted by atomic mass is 10.0. The zero-order chi connectivity index (χ0) is 16.2. The van der Waals surface area contributed by atoms with Crippen molar-refractivity contribution in [3.63, 3.8) is 0 Å². The first-order valence-electron chi connectivity index (χ1n) is 8.13. The molecule has 5 heteroatoms. The van der Waals surface area contributed by atoms with Crippen molar-refractivity contribution < 1.29 is 4.79 Å². The van der Waals surface area contributed by atoms with Crippen LogP contribution in [0.1, 0.15) is 36.7 Å². The number of nitrogens with one attached hydrogen (secondary N) is 1. The van der Waals surface area contributed by atoms with Gasteiger partial charge in [0, 0.05) is 29.9 Å². The maximum Gasteiger partial charge on any atom is 0.272 e. The fourth-order valence-corrected chi connectivity index (χ4v) is 3.13. The lowest BCUT2D eigenvalue weighted by Crippen LogP contribution is -2.38. The first-order valence-corrected chi connectivity index (χ1v) is 8.13. The van der Waals surface area contributed by atoms with Crippen LogP contribution in [-0.2, 0) is 0 Å². The molecular weight excluding hydrogens is 288 g/mol. The number of hydrogen-bond acceptors (Lipinski definition) is 4. The Balaban J connectivity index is 2.05. The minimum absolute atomic E-state index is 0.216. The Bertz CT molecular complexity index is 728. The van der Waals surface area contributed by atoms with E-state index in [0.29, 0.717) is 18.3 Å². The molecule has 1 saturated heterocycles. The van der Waals surface area contributed by atoms with Crippen molar-refractivity contribution in [2.45, 2.75) is 32.2 Å². The molecular formula is C18H22N4O. The van der Waals surface area contributed by atoms with E-state index in [1.165, 1.54) is 12.8 Å². The molecule has 1 amide bonds. The number of rotatable bonds is 4. The van der Waals surface area contributed by atoms with Crippen LogP contribution in [0, 0.1) is 0 Å². The summed E-state index contributed by atoms with van der Waals surface area (Å²) in [7, 11) is 0. The molecule has 0 saturated carbocycles. The third kappa shape index (κ3) is 3.04. The Morgan fingerprint density at radius 3 is 2.87 bits per heavy atom. The quantitative estimate of drug-likeness (QED) is 0.882. The fourth-order valence-electron chi connectivity index (χ4n) is 3.13. The molecule has 120 valence electrons. The molecule has 0 radical (unpaired) electrons. The number of anilines is 1. The summed E-state index contributed by atoms with van der Waals surface area (Å²) in [5.74, 6) is 0.667. The number of aromatic nitrogens is 2. The molecule has 1 aromatic heterocycles. The van der Waals surface area contributed by atoms with Crippen LogP contribution in [0.15, 0.2) is 36.9 Å². The number of piperidine rings is 1. The van der Waals surface area contributed by atoms with Crippen molar-refractivity contribution in [1.82, 2.24) is 15.5 Å². The maximum absolute atomic E-state index is 12.3. The molecule has 3 rings (SSSR count). The van der Waals surface area contributed by atoms with Gasteiger partial charge >= 0.3 is 0 Å². The third-order valence-corrected chi connectivity index (χ3v) is 4.36. The number of carbonyl (C=O) groups is 1. The second kappa shape index (κ2) is 6.77. The lowest BCUT2D eigenvalue weighted by molar-refractivity contribution is 0.0954. The number of hydrogen-bond donors (Lipinski definition) is 1. The molecule has 2 heterocycles. The van der Waals surface area contributed by atoms with E-state index in [2.05, 4.69) is 33.9 Å². The highest BCUT2D eigenvalue weighted by atomic mass is 16.1. The van der Waals surface area contributed by atoms with E-state index in [0.717, 1.165) is 29.6 Å². The van der Waals surface area contributed by atoms with Gasteiger partial charge in [-0.05, 0) is 26.2 Å². The largest absolute Gasteiger partial charge is 0.352 e. The number of fused-ring (bicyclic) bond motifs is 1. The molecule has 0 aliphatic carbocycles. The molecule has 1 atom stereocenters. The van der Waals surface area contributed by atoms with Crippen LogP contribution in [0.4, 0.5) is 5.82 Å². The second-order valence-electron chi connectivity index (χ2n) is 5.95. The van der Waals surface area contributed by atoms with Gasteiger partial charge in [-0.1, -0.05) is 30.3 Å². The molecule has 1 aliphatic rings. The molecule has 0 bridgehead atoms. The lowest BCUT2D eigenvalue weighted by Gasteiger charge is -2.34. The first-order chi connectivity index (χ1) is 11.2. The molecule has 5 nitrogen and oxygen atoms in total. The molecule has 1 N–H and O–H groups in total. The van der Waals surface area contributed by atoms with Gasteiger partial charge in [0.15, 0.2) is 11.5 Å². The average Bonchev–Trinajstić information content (AvgIpc) is 2.59. The van der Waals surface area contributed by atoms with Crippen LogP contribution >= 0.6 is 0 Å². The summed E-state index contributed by atoms with van der Waals surface area (Å²) >= 11 is 0. The number of nitrogens with zero attached hydrogens (tertiary/aromatic N) is 3. The van der Waals surface area contributed by atoms with E-state index < -0.39 is 0 Å². The number of amides is 1. The molecule has 1 fully saturated rings. The monoisotopic (exact) mass is 310 g/mol. The number of benzene rings is 1. The first kappa shape index (κ1) is 15.5. The smallest absolute Gasteiger partial charge is 0.272 e. The Morgan fingerprint density at radius 1 is 1.35 bits per heavy atom. The van der Waals surface area contributed by atoms with Gasteiger partial charge in [0.2, 0.25) is 0 Å². The summed E-state index contributed by atoms with van der Waals surface area (Å²) in [5, 5.41) is 13.2. The van der Waals surface area contributed by atoms with E-state index in [4.69, 9.17) is 0 Å². The second-order valence-corrected chi connectivity index (χ2v) is 5.95. The van der Waals surface area contributed by atoms with Crippen LogP contribution in [0.2, 0.25) is 0 Å². The van der Waals surface area contributed by atoms with Crippen LogP contribution < -0.4 is 10.2 Å². The summed E-state index contributed by atoms with van der Waals surface area (Å²) in [6.07, 6.45) is 5.24. The maximum atomic E-state index is 12.3. The van der Waals surface area contributed by atoms with E-state index in [9.17, 15) is 4.79 Å². The summed E-state index contributed by atoms with van der Waals surface area (Å²) in [4.78, 5) is 14.6. The zero-order valence-electron chi connectivity index (χ0n) is 13.5. The highest BCUT2D eigenvalue weighted by molar-refractivity contribution is 6.07. The average molecular weight is 310 g/mol. The van der Waals surface area contributed by atoms with Gasteiger partial charge < -0.3 is 10.2 Å². The van der Waals surface area contributed by atoms with Gasteiger partial charge in [-0.2, -0.15) is 0 Å². The summed E-state index contributed by atoms with van der Waals surface area (Å²) in [5.41, 5.74) is 0.371. The predicted octanol–water partition coefficient (Wildman–Crippen LogP) is 2.92. The van der Waals surface area contributed by atoms with Crippen molar-refractivity contribution in [3.05, 3.63) is 42.6 Å². The molecule has 0 unspecified atom stereocenters.